The molecule has 0 amide bonds. The summed E-state index contributed by atoms with van der Waals surface area (Å²) >= 11 is 3.78. The highest BCUT2D eigenvalue weighted by molar-refractivity contribution is 7.12. The van der Waals surface area contributed by atoms with Gasteiger partial charge in [0.05, 0.1) is 0 Å². The maximum atomic E-state index is 2.35. The van der Waals surface area contributed by atoms with E-state index in [1.807, 2.05) is 22.7 Å². The molecule has 0 aliphatic carbocycles. The van der Waals surface area contributed by atoms with Crippen LogP contribution in [-0.2, 0) is 6.42 Å². The minimum atomic E-state index is 1.29. The first kappa shape index (κ1) is 17.5. The Balaban J connectivity index is 0.000000240. The number of hydrogen-bond acceptors (Lipinski definition) is 2. The molecule has 0 unspecified atom stereocenters. The Bertz CT molecular complexity index is 475. The molecule has 2 heterocycles. The second-order valence-electron chi connectivity index (χ2n) is 5.41. The van der Waals surface area contributed by atoms with Gasteiger partial charge in [-0.05, 0) is 64.3 Å². The molecule has 0 saturated carbocycles. The van der Waals surface area contributed by atoms with Gasteiger partial charge in [-0.2, -0.15) is 0 Å². The zero-order chi connectivity index (χ0) is 15.0. The Labute approximate surface area is 132 Å². The third-order valence-corrected chi connectivity index (χ3v) is 5.24. The van der Waals surface area contributed by atoms with Crippen molar-refractivity contribution in [3.8, 4) is 0 Å². The van der Waals surface area contributed by atoms with Crippen LogP contribution in [-0.4, -0.2) is 0 Å². The van der Waals surface area contributed by atoms with Crippen molar-refractivity contribution in [3.63, 3.8) is 0 Å². The molecule has 0 N–H and O–H groups in total. The van der Waals surface area contributed by atoms with E-state index >= 15 is 0 Å². The van der Waals surface area contributed by atoms with Gasteiger partial charge >= 0.3 is 0 Å². The topological polar surface area (TPSA) is 0 Å². The van der Waals surface area contributed by atoms with E-state index in [4.69, 9.17) is 0 Å². The first-order valence-corrected chi connectivity index (χ1v) is 9.25. The Morgan fingerprint density at radius 2 is 1.45 bits per heavy atom. The third kappa shape index (κ3) is 6.71. The first-order chi connectivity index (χ1) is 9.52. The Morgan fingerprint density at radius 3 is 1.85 bits per heavy atom. The van der Waals surface area contributed by atoms with Crippen molar-refractivity contribution in [3.05, 3.63) is 43.3 Å². The van der Waals surface area contributed by atoms with Gasteiger partial charge in [0.2, 0.25) is 0 Å². The molecule has 0 atom stereocenters. The Kier molecular flexibility index (Phi) is 8.16. The lowest BCUT2D eigenvalue weighted by Gasteiger charge is -1.98. The maximum Gasteiger partial charge on any atom is 0.00490 e. The van der Waals surface area contributed by atoms with E-state index < -0.39 is 0 Å². The van der Waals surface area contributed by atoms with Crippen LogP contribution in [0.2, 0.25) is 0 Å². The van der Waals surface area contributed by atoms with E-state index in [0.29, 0.717) is 0 Å². The van der Waals surface area contributed by atoms with E-state index in [9.17, 15) is 0 Å². The van der Waals surface area contributed by atoms with E-state index in [1.165, 1.54) is 51.6 Å². The van der Waals surface area contributed by atoms with Crippen molar-refractivity contribution in [1.82, 2.24) is 0 Å². The lowest BCUT2D eigenvalue weighted by atomic mass is 10.1. The zero-order valence-corrected chi connectivity index (χ0v) is 15.2. The normalized spacial score (nSPS) is 10.2. The molecule has 2 aromatic rings. The summed E-state index contributed by atoms with van der Waals surface area (Å²) in [4.78, 5) is 5.78. The summed E-state index contributed by atoms with van der Waals surface area (Å²) in [5, 5.41) is 0. The highest BCUT2D eigenvalue weighted by Crippen LogP contribution is 2.22. The molecule has 0 aromatic carbocycles. The van der Waals surface area contributed by atoms with Crippen molar-refractivity contribution in [1.29, 1.82) is 0 Å². The van der Waals surface area contributed by atoms with Crippen LogP contribution in [0.25, 0.3) is 0 Å². The van der Waals surface area contributed by atoms with Gasteiger partial charge in [-0.25, -0.2) is 0 Å². The van der Waals surface area contributed by atoms with Gasteiger partial charge in [-0.1, -0.05) is 26.2 Å². The summed E-state index contributed by atoms with van der Waals surface area (Å²) < 4.78 is 0. The van der Waals surface area contributed by atoms with Crippen molar-refractivity contribution < 1.29 is 0 Å². The minimum Gasteiger partial charge on any atom is -0.146 e. The molecule has 20 heavy (non-hydrogen) atoms. The van der Waals surface area contributed by atoms with Gasteiger partial charge in [0.1, 0.15) is 0 Å². The van der Waals surface area contributed by atoms with Crippen molar-refractivity contribution in [2.45, 2.75) is 66.7 Å². The second-order valence-corrected chi connectivity index (χ2v) is 8.36. The quantitative estimate of drug-likeness (QED) is 0.530. The predicted octanol–water partition coefficient (Wildman–Crippen LogP) is 6.85. The van der Waals surface area contributed by atoms with Gasteiger partial charge in [0.15, 0.2) is 0 Å². The fraction of sp³-hybridized carbons (Fsp3) is 0.556. The summed E-state index contributed by atoms with van der Waals surface area (Å²) in [5.74, 6) is 0. The molecule has 2 rings (SSSR count). The molecule has 0 spiro atoms. The number of rotatable bonds is 5. The van der Waals surface area contributed by atoms with Gasteiger partial charge in [-0.3, -0.25) is 0 Å². The Hall–Kier alpha value is -0.600. The molecule has 112 valence electrons. The largest absolute Gasteiger partial charge is 0.146 e. The molecule has 0 nitrogen and oxygen atoms in total. The Morgan fingerprint density at radius 1 is 0.800 bits per heavy atom. The summed E-state index contributed by atoms with van der Waals surface area (Å²) in [6, 6.07) is 6.63. The SMILES string of the molecule is CCCCCCc1cc(C)sc1C.Cc1ccc(C)s1. The molecule has 0 bridgehead atoms. The van der Waals surface area contributed by atoms with Crippen LogP contribution in [0.4, 0.5) is 0 Å². The van der Waals surface area contributed by atoms with Gasteiger partial charge in [-0.15, -0.1) is 22.7 Å². The van der Waals surface area contributed by atoms with Gasteiger partial charge < -0.3 is 0 Å². The van der Waals surface area contributed by atoms with E-state index in [2.05, 4.69) is 52.8 Å². The van der Waals surface area contributed by atoms with Crippen LogP contribution in [0, 0.1) is 27.7 Å². The fourth-order valence-corrected chi connectivity index (χ4v) is 3.99. The molecule has 2 heteroatoms. The average molecular weight is 309 g/mol. The standard InChI is InChI=1S/C12H20S.C6H8S/c1-4-5-6-7-8-12-9-10(2)13-11(12)3;1-5-3-4-6(2)7-5/h9H,4-8H2,1-3H3;3-4H,1-2H3. The summed E-state index contributed by atoms with van der Waals surface area (Å²) in [6.45, 7) is 11.0. The zero-order valence-electron chi connectivity index (χ0n) is 13.6. The number of hydrogen-bond donors (Lipinski definition) is 0. The van der Waals surface area contributed by atoms with Crippen LogP contribution in [0.3, 0.4) is 0 Å². The number of thiophene rings is 2. The van der Waals surface area contributed by atoms with Gasteiger partial charge in [0, 0.05) is 19.5 Å². The van der Waals surface area contributed by atoms with Gasteiger partial charge in [0.25, 0.3) is 0 Å². The molecular weight excluding hydrogens is 280 g/mol. The smallest absolute Gasteiger partial charge is 0.00490 e. The van der Waals surface area contributed by atoms with Crippen LogP contribution < -0.4 is 0 Å². The molecule has 0 aliphatic heterocycles. The monoisotopic (exact) mass is 308 g/mol. The molecule has 0 radical (unpaired) electrons. The average Bonchev–Trinajstić information content (AvgIpc) is 2.91. The molecule has 0 saturated heterocycles. The first-order valence-electron chi connectivity index (χ1n) is 7.62. The highest BCUT2D eigenvalue weighted by atomic mass is 32.1. The lowest BCUT2D eigenvalue weighted by Crippen LogP contribution is -1.84. The van der Waals surface area contributed by atoms with E-state index in [1.54, 1.807) is 5.56 Å². The number of aryl methyl sites for hydroxylation is 5. The number of unbranched alkanes of at least 4 members (excludes halogenated alkanes) is 3. The third-order valence-electron chi connectivity index (χ3n) is 3.32. The summed E-state index contributed by atoms with van der Waals surface area (Å²) in [6.07, 6.45) is 6.77. The molecule has 2 aromatic heterocycles. The maximum absolute atomic E-state index is 2.35. The van der Waals surface area contributed by atoms with E-state index in [-0.39, 0.29) is 0 Å². The van der Waals surface area contributed by atoms with Crippen LogP contribution >= 0.6 is 22.7 Å². The minimum absolute atomic E-state index is 1.29. The van der Waals surface area contributed by atoms with Crippen molar-refractivity contribution in [2.75, 3.05) is 0 Å². The molecular formula is C18H28S2. The predicted molar refractivity (Wildman–Crippen MR) is 95.4 cm³/mol. The summed E-state index contributed by atoms with van der Waals surface area (Å²) in [5.41, 5.74) is 1.58. The molecule has 0 aliphatic rings. The second kappa shape index (κ2) is 9.36. The van der Waals surface area contributed by atoms with Crippen LogP contribution in [0.15, 0.2) is 18.2 Å². The van der Waals surface area contributed by atoms with Crippen LogP contribution in [0.1, 0.15) is 57.7 Å². The van der Waals surface area contributed by atoms with E-state index in [0.717, 1.165) is 0 Å². The van der Waals surface area contributed by atoms with Crippen LogP contribution in [0.5, 0.6) is 0 Å². The van der Waals surface area contributed by atoms with Crippen molar-refractivity contribution >= 4 is 22.7 Å². The molecule has 0 fully saturated rings. The van der Waals surface area contributed by atoms with Crippen molar-refractivity contribution in [2.24, 2.45) is 0 Å². The fourth-order valence-electron chi connectivity index (χ4n) is 2.23. The highest BCUT2D eigenvalue weighted by Gasteiger charge is 2.01. The lowest BCUT2D eigenvalue weighted by molar-refractivity contribution is 0.666. The summed E-state index contributed by atoms with van der Waals surface area (Å²) in [7, 11) is 0.